The molecular formula is C17H22N4O2S. The fourth-order valence-corrected chi connectivity index (χ4v) is 4.18. The van der Waals surface area contributed by atoms with Crippen molar-refractivity contribution < 1.29 is 9.59 Å². The summed E-state index contributed by atoms with van der Waals surface area (Å²) in [6.45, 7) is 3.94. The lowest BCUT2D eigenvalue weighted by atomic mass is 10.2. The highest BCUT2D eigenvalue weighted by molar-refractivity contribution is 7.17. The number of primary amides is 1. The Kier molecular flexibility index (Phi) is 4.71. The fraction of sp³-hybridized carbons (Fsp3) is 0.471. The lowest BCUT2D eigenvalue weighted by molar-refractivity contribution is -0.133. The number of fused-ring (bicyclic) bond motifs is 1. The van der Waals surface area contributed by atoms with Gasteiger partial charge in [-0.2, -0.15) is 0 Å². The topological polar surface area (TPSA) is 80.7 Å². The van der Waals surface area contributed by atoms with Gasteiger partial charge in [-0.3, -0.25) is 14.0 Å². The Morgan fingerprint density at radius 1 is 1.42 bits per heavy atom. The second kappa shape index (κ2) is 6.76. The molecule has 128 valence electrons. The maximum atomic E-state index is 12.6. The standard InChI is InChI=1S/C17H22N4O2S/c1-11-9-21-14(12(2)19-17(21)24-11)7-8-16(23)20(10-15(18)22)13-5-3-4-6-13/h7-9,13H,3-6,10H2,1-2H3,(H2,18,22)/b8-7-. The lowest BCUT2D eigenvalue weighted by Crippen LogP contribution is -2.43. The highest BCUT2D eigenvalue weighted by Gasteiger charge is 2.26. The lowest BCUT2D eigenvalue weighted by Gasteiger charge is -2.26. The van der Waals surface area contributed by atoms with Gasteiger partial charge in [-0.15, -0.1) is 11.3 Å². The van der Waals surface area contributed by atoms with Crippen molar-refractivity contribution >= 4 is 34.2 Å². The van der Waals surface area contributed by atoms with Crippen molar-refractivity contribution in [2.45, 2.75) is 45.6 Å². The van der Waals surface area contributed by atoms with Crippen molar-refractivity contribution in [3.8, 4) is 0 Å². The van der Waals surface area contributed by atoms with Crippen LogP contribution in [0.25, 0.3) is 11.0 Å². The van der Waals surface area contributed by atoms with E-state index in [1.807, 2.05) is 24.4 Å². The van der Waals surface area contributed by atoms with Gasteiger partial charge < -0.3 is 10.6 Å². The first kappa shape index (κ1) is 16.7. The third-order valence-electron chi connectivity index (χ3n) is 4.42. The molecule has 1 saturated carbocycles. The highest BCUT2D eigenvalue weighted by Crippen LogP contribution is 2.24. The molecule has 2 aromatic rings. The van der Waals surface area contributed by atoms with E-state index >= 15 is 0 Å². The van der Waals surface area contributed by atoms with Gasteiger partial charge in [0.15, 0.2) is 4.96 Å². The van der Waals surface area contributed by atoms with Crippen LogP contribution >= 0.6 is 11.3 Å². The number of aromatic nitrogens is 2. The molecule has 6 nitrogen and oxygen atoms in total. The van der Waals surface area contributed by atoms with Gasteiger partial charge >= 0.3 is 0 Å². The Bertz CT molecular complexity index is 799. The number of thiazole rings is 1. The van der Waals surface area contributed by atoms with Crippen LogP contribution < -0.4 is 5.73 Å². The molecule has 1 fully saturated rings. The number of aryl methyl sites for hydroxylation is 2. The third kappa shape index (κ3) is 3.36. The second-order valence-corrected chi connectivity index (χ2v) is 7.49. The molecule has 0 spiro atoms. The maximum absolute atomic E-state index is 12.6. The molecule has 7 heteroatoms. The van der Waals surface area contributed by atoms with Crippen molar-refractivity contribution in [2.24, 2.45) is 5.73 Å². The molecule has 1 aliphatic rings. The Hall–Kier alpha value is -2.15. The van der Waals surface area contributed by atoms with Crippen LogP contribution in [0.4, 0.5) is 0 Å². The molecule has 0 saturated heterocycles. The summed E-state index contributed by atoms with van der Waals surface area (Å²) in [4.78, 5) is 32.2. The average molecular weight is 346 g/mol. The minimum atomic E-state index is -0.472. The van der Waals surface area contributed by atoms with Crippen LogP contribution in [0.3, 0.4) is 0 Å². The summed E-state index contributed by atoms with van der Waals surface area (Å²) in [5.74, 6) is -0.637. The van der Waals surface area contributed by atoms with E-state index in [1.165, 1.54) is 11.0 Å². The van der Waals surface area contributed by atoms with Crippen LogP contribution in [0.5, 0.6) is 0 Å². The number of nitrogens with two attached hydrogens (primary N) is 1. The van der Waals surface area contributed by atoms with Gasteiger partial charge in [0.05, 0.1) is 17.9 Å². The molecule has 1 aliphatic carbocycles. The first-order valence-corrected chi connectivity index (χ1v) is 8.99. The molecule has 24 heavy (non-hydrogen) atoms. The number of nitrogens with zero attached hydrogens (tertiary/aromatic N) is 3. The summed E-state index contributed by atoms with van der Waals surface area (Å²) in [6, 6.07) is 0.115. The van der Waals surface area contributed by atoms with Crippen LogP contribution in [0.15, 0.2) is 12.3 Å². The van der Waals surface area contributed by atoms with E-state index in [4.69, 9.17) is 5.73 Å². The largest absolute Gasteiger partial charge is 0.368 e. The Morgan fingerprint density at radius 2 is 2.12 bits per heavy atom. The summed E-state index contributed by atoms with van der Waals surface area (Å²) in [6.07, 6.45) is 9.39. The van der Waals surface area contributed by atoms with Crippen molar-refractivity contribution in [2.75, 3.05) is 6.54 Å². The minimum Gasteiger partial charge on any atom is -0.368 e. The highest BCUT2D eigenvalue weighted by atomic mass is 32.1. The number of rotatable bonds is 5. The van der Waals surface area contributed by atoms with E-state index in [-0.39, 0.29) is 18.5 Å². The summed E-state index contributed by atoms with van der Waals surface area (Å²) >= 11 is 1.62. The Labute approximate surface area is 145 Å². The Balaban J connectivity index is 1.83. The SMILES string of the molecule is Cc1cn2c(/C=C\C(=O)N(CC(N)=O)C3CCCC3)c(C)nc2s1. The normalized spacial score (nSPS) is 15.6. The first-order chi connectivity index (χ1) is 11.5. The zero-order valence-electron chi connectivity index (χ0n) is 14.0. The van der Waals surface area contributed by atoms with E-state index in [2.05, 4.69) is 4.98 Å². The van der Waals surface area contributed by atoms with Crippen LogP contribution in [0, 0.1) is 13.8 Å². The van der Waals surface area contributed by atoms with Gasteiger partial charge in [-0.25, -0.2) is 4.98 Å². The van der Waals surface area contributed by atoms with E-state index in [0.717, 1.165) is 42.0 Å². The molecule has 0 atom stereocenters. The van der Waals surface area contributed by atoms with E-state index in [0.29, 0.717) is 0 Å². The maximum Gasteiger partial charge on any atom is 0.247 e. The van der Waals surface area contributed by atoms with Crippen LogP contribution in [0.2, 0.25) is 0 Å². The smallest absolute Gasteiger partial charge is 0.247 e. The van der Waals surface area contributed by atoms with Crippen molar-refractivity contribution in [1.29, 1.82) is 0 Å². The number of amides is 2. The van der Waals surface area contributed by atoms with Crippen LogP contribution in [-0.4, -0.2) is 38.7 Å². The van der Waals surface area contributed by atoms with Gasteiger partial charge in [0, 0.05) is 23.2 Å². The first-order valence-electron chi connectivity index (χ1n) is 8.18. The number of hydrogen-bond donors (Lipinski definition) is 1. The molecule has 0 bridgehead atoms. The number of imidazole rings is 1. The third-order valence-corrected chi connectivity index (χ3v) is 5.32. The van der Waals surface area contributed by atoms with Crippen molar-refractivity contribution in [1.82, 2.24) is 14.3 Å². The van der Waals surface area contributed by atoms with Gasteiger partial charge in [0.25, 0.3) is 0 Å². The summed E-state index contributed by atoms with van der Waals surface area (Å²) < 4.78 is 1.99. The molecule has 0 radical (unpaired) electrons. The number of hydrogen-bond acceptors (Lipinski definition) is 4. The predicted molar refractivity (Wildman–Crippen MR) is 94.7 cm³/mol. The molecule has 0 aromatic carbocycles. The molecule has 2 N–H and O–H groups in total. The van der Waals surface area contributed by atoms with Gasteiger partial charge in [-0.05, 0) is 32.8 Å². The molecule has 2 heterocycles. The molecule has 2 amide bonds. The predicted octanol–water partition coefficient (Wildman–Crippen LogP) is 2.28. The van der Waals surface area contributed by atoms with Crippen LogP contribution in [0.1, 0.15) is 41.9 Å². The quantitative estimate of drug-likeness (QED) is 0.844. The molecule has 3 rings (SSSR count). The van der Waals surface area contributed by atoms with Crippen molar-refractivity contribution in [3.05, 3.63) is 28.5 Å². The Morgan fingerprint density at radius 3 is 2.79 bits per heavy atom. The molecule has 0 unspecified atom stereocenters. The summed E-state index contributed by atoms with van der Waals surface area (Å²) in [7, 11) is 0. The zero-order valence-corrected chi connectivity index (χ0v) is 14.8. The number of carbonyl (C=O) groups is 2. The van der Waals surface area contributed by atoms with E-state index in [9.17, 15) is 9.59 Å². The van der Waals surface area contributed by atoms with Gasteiger partial charge in [-0.1, -0.05) is 12.8 Å². The van der Waals surface area contributed by atoms with Crippen molar-refractivity contribution in [3.63, 3.8) is 0 Å². The molecule has 2 aromatic heterocycles. The van der Waals surface area contributed by atoms with Crippen LogP contribution in [-0.2, 0) is 9.59 Å². The van der Waals surface area contributed by atoms with E-state index in [1.54, 1.807) is 22.3 Å². The van der Waals surface area contributed by atoms with E-state index < -0.39 is 5.91 Å². The molecular weight excluding hydrogens is 324 g/mol. The summed E-state index contributed by atoms with van der Waals surface area (Å²) in [5, 5.41) is 0. The average Bonchev–Trinajstić information content (AvgIpc) is 3.19. The monoisotopic (exact) mass is 346 g/mol. The zero-order chi connectivity index (χ0) is 17.3. The molecule has 0 aliphatic heterocycles. The van der Waals surface area contributed by atoms with Gasteiger partial charge in [0.1, 0.15) is 0 Å². The second-order valence-electron chi connectivity index (χ2n) is 6.28. The minimum absolute atomic E-state index is 0.0216. The van der Waals surface area contributed by atoms with Gasteiger partial charge in [0.2, 0.25) is 11.8 Å². The number of carbonyl (C=O) groups excluding carboxylic acids is 2. The summed E-state index contributed by atoms with van der Waals surface area (Å²) in [5.41, 5.74) is 7.10. The fourth-order valence-electron chi connectivity index (χ4n) is 3.30.